The largest absolute Gasteiger partial charge is 0.504 e. The van der Waals surface area contributed by atoms with Gasteiger partial charge in [0, 0.05) is 17.7 Å². The molecule has 3 nitrogen and oxygen atoms in total. The van der Waals surface area contributed by atoms with Gasteiger partial charge in [0.25, 0.3) is 0 Å². The Bertz CT molecular complexity index is 505. The molecule has 1 aromatic carbocycles. The third-order valence-corrected chi connectivity index (χ3v) is 2.94. The molecule has 0 saturated heterocycles. The first kappa shape index (κ1) is 11.3. The van der Waals surface area contributed by atoms with Crippen LogP contribution in [0.4, 0.5) is 5.88 Å². The minimum atomic E-state index is 0.172. The second-order valence-corrected chi connectivity index (χ2v) is 4.95. The molecule has 1 heterocycles. The van der Waals surface area contributed by atoms with Crippen molar-refractivity contribution in [3.8, 4) is 16.9 Å². The van der Waals surface area contributed by atoms with Gasteiger partial charge in [-0.05, 0) is 40.3 Å². The standard InChI is InChI=1S/C12H12INO2/c1-14(2)12-11(10(15)7-16-12)8-4-3-5-9(13)6-8/h3-7,15H,1-2H3. The maximum Gasteiger partial charge on any atom is 0.206 e. The van der Waals surface area contributed by atoms with Gasteiger partial charge in [-0.15, -0.1) is 0 Å². The molecule has 2 aromatic rings. The van der Waals surface area contributed by atoms with Crippen molar-refractivity contribution in [2.24, 2.45) is 0 Å². The van der Waals surface area contributed by atoms with E-state index in [1.807, 2.05) is 43.3 Å². The minimum Gasteiger partial charge on any atom is -0.504 e. The average molecular weight is 329 g/mol. The smallest absolute Gasteiger partial charge is 0.206 e. The molecule has 2 rings (SSSR count). The van der Waals surface area contributed by atoms with E-state index in [4.69, 9.17) is 4.42 Å². The number of hydrogen-bond donors (Lipinski definition) is 1. The van der Waals surface area contributed by atoms with E-state index in [0.29, 0.717) is 5.88 Å². The van der Waals surface area contributed by atoms with Gasteiger partial charge >= 0.3 is 0 Å². The van der Waals surface area contributed by atoms with Crippen LogP contribution in [0.5, 0.6) is 5.75 Å². The Labute approximate surface area is 108 Å². The Kier molecular flexibility index (Phi) is 3.09. The molecule has 1 N–H and O–H groups in total. The summed E-state index contributed by atoms with van der Waals surface area (Å²) < 4.78 is 6.45. The molecule has 0 amide bonds. The van der Waals surface area contributed by atoms with Gasteiger partial charge in [0.1, 0.15) is 6.26 Å². The van der Waals surface area contributed by atoms with Crippen molar-refractivity contribution in [3.63, 3.8) is 0 Å². The monoisotopic (exact) mass is 329 g/mol. The van der Waals surface area contributed by atoms with Crippen molar-refractivity contribution < 1.29 is 9.52 Å². The summed E-state index contributed by atoms with van der Waals surface area (Å²) in [7, 11) is 3.77. The van der Waals surface area contributed by atoms with Crippen LogP contribution in [0.2, 0.25) is 0 Å². The lowest BCUT2D eigenvalue weighted by Gasteiger charge is -2.11. The molecule has 0 radical (unpaired) electrons. The van der Waals surface area contributed by atoms with E-state index in [2.05, 4.69) is 22.6 Å². The van der Waals surface area contributed by atoms with Crippen molar-refractivity contribution >= 4 is 28.5 Å². The van der Waals surface area contributed by atoms with Crippen molar-refractivity contribution in [2.75, 3.05) is 19.0 Å². The molecule has 4 heteroatoms. The van der Waals surface area contributed by atoms with Crippen LogP contribution < -0.4 is 4.90 Å². The van der Waals surface area contributed by atoms with Gasteiger partial charge in [-0.3, -0.25) is 0 Å². The van der Waals surface area contributed by atoms with Gasteiger partial charge in [-0.1, -0.05) is 12.1 Å². The number of hydrogen-bond acceptors (Lipinski definition) is 3. The number of benzene rings is 1. The van der Waals surface area contributed by atoms with Gasteiger partial charge in [0.2, 0.25) is 5.88 Å². The Morgan fingerprint density at radius 3 is 2.69 bits per heavy atom. The fourth-order valence-electron chi connectivity index (χ4n) is 1.58. The van der Waals surface area contributed by atoms with Crippen LogP contribution in [0.3, 0.4) is 0 Å². The van der Waals surface area contributed by atoms with E-state index < -0.39 is 0 Å². The molecule has 0 aliphatic rings. The van der Waals surface area contributed by atoms with Crippen molar-refractivity contribution in [1.29, 1.82) is 0 Å². The molecule has 0 fully saturated rings. The Morgan fingerprint density at radius 2 is 2.06 bits per heavy atom. The molecule has 0 spiro atoms. The first-order valence-corrected chi connectivity index (χ1v) is 5.91. The lowest BCUT2D eigenvalue weighted by atomic mass is 10.1. The van der Waals surface area contributed by atoms with Crippen molar-refractivity contribution in [2.45, 2.75) is 0 Å². The second kappa shape index (κ2) is 4.37. The zero-order valence-corrected chi connectivity index (χ0v) is 11.2. The normalized spacial score (nSPS) is 10.4. The fourth-order valence-corrected chi connectivity index (χ4v) is 2.13. The highest BCUT2D eigenvalue weighted by molar-refractivity contribution is 14.1. The number of anilines is 1. The molecular formula is C12H12INO2. The molecule has 16 heavy (non-hydrogen) atoms. The number of halogens is 1. The lowest BCUT2D eigenvalue weighted by Crippen LogP contribution is -2.08. The number of rotatable bonds is 2. The van der Waals surface area contributed by atoms with Crippen LogP contribution in [0, 0.1) is 3.57 Å². The van der Waals surface area contributed by atoms with Crippen LogP contribution in [-0.4, -0.2) is 19.2 Å². The van der Waals surface area contributed by atoms with Gasteiger partial charge in [0.05, 0.1) is 5.56 Å². The highest BCUT2D eigenvalue weighted by atomic mass is 127. The van der Waals surface area contributed by atoms with Crippen LogP contribution >= 0.6 is 22.6 Å². The quantitative estimate of drug-likeness (QED) is 0.859. The molecule has 0 saturated carbocycles. The summed E-state index contributed by atoms with van der Waals surface area (Å²) in [6.07, 6.45) is 1.37. The molecule has 0 atom stereocenters. The SMILES string of the molecule is CN(C)c1occ(O)c1-c1cccc(I)c1. The van der Waals surface area contributed by atoms with E-state index in [1.165, 1.54) is 6.26 Å². The van der Waals surface area contributed by atoms with E-state index >= 15 is 0 Å². The summed E-state index contributed by atoms with van der Waals surface area (Å²) in [5.41, 5.74) is 1.70. The van der Waals surface area contributed by atoms with Crippen LogP contribution in [-0.2, 0) is 0 Å². The topological polar surface area (TPSA) is 36.6 Å². The first-order chi connectivity index (χ1) is 7.59. The minimum absolute atomic E-state index is 0.172. The van der Waals surface area contributed by atoms with Crippen LogP contribution in [0.1, 0.15) is 0 Å². The molecule has 0 unspecified atom stereocenters. The highest BCUT2D eigenvalue weighted by Crippen LogP contribution is 2.39. The second-order valence-electron chi connectivity index (χ2n) is 3.71. The van der Waals surface area contributed by atoms with Gasteiger partial charge in [-0.25, -0.2) is 0 Å². The third kappa shape index (κ3) is 2.02. The summed E-state index contributed by atoms with van der Waals surface area (Å²) in [5, 5.41) is 9.80. The zero-order chi connectivity index (χ0) is 11.7. The summed E-state index contributed by atoms with van der Waals surface area (Å²) in [6.45, 7) is 0. The summed E-state index contributed by atoms with van der Waals surface area (Å²) >= 11 is 2.25. The molecule has 0 aliphatic heterocycles. The number of aromatic hydroxyl groups is 1. The summed E-state index contributed by atoms with van der Waals surface area (Å²) in [4.78, 5) is 1.84. The van der Waals surface area contributed by atoms with Crippen molar-refractivity contribution in [3.05, 3.63) is 34.1 Å². The predicted octanol–water partition coefficient (Wildman–Crippen LogP) is 3.32. The first-order valence-electron chi connectivity index (χ1n) is 4.83. The number of furan rings is 1. The third-order valence-electron chi connectivity index (χ3n) is 2.27. The lowest BCUT2D eigenvalue weighted by molar-refractivity contribution is 0.459. The Balaban J connectivity index is 2.59. The van der Waals surface area contributed by atoms with E-state index in [1.54, 1.807) is 0 Å². The molecular weight excluding hydrogens is 317 g/mol. The van der Waals surface area contributed by atoms with Crippen molar-refractivity contribution in [1.82, 2.24) is 0 Å². The zero-order valence-electron chi connectivity index (χ0n) is 9.07. The maximum absolute atomic E-state index is 9.80. The molecule has 1 aromatic heterocycles. The summed E-state index contributed by atoms with van der Waals surface area (Å²) in [5.74, 6) is 0.838. The molecule has 0 bridgehead atoms. The predicted molar refractivity (Wildman–Crippen MR) is 72.9 cm³/mol. The summed E-state index contributed by atoms with van der Waals surface area (Å²) in [6, 6.07) is 7.94. The molecule has 0 aliphatic carbocycles. The maximum atomic E-state index is 9.80. The highest BCUT2D eigenvalue weighted by Gasteiger charge is 2.16. The van der Waals surface area contributed by atoms with E-state index in [-0.39, 0.29) is 5.75 Å². The Morgan fingerprint density at radius 1 is 1.31 bits per heavy atom. The number of nitrogens with zero attached hydrogens (tertiary/aromatic N) is 1. The van der Waals surface area contributed by atoms with Crippen LogP contribution in [0.15, 0.2) is 34.9 Å². The van der Waals surface area contributed by atoms with Gasteiger partial charge in [-0.2, -0.15) is 0 Å². The Hall–Kier alpha value is -1.17. The fraction of sp³-hybridized carbons (Fsp3) is 0.167. The van der Waals surface area contributed by atoms with E-state index in [9.17, 15) is 5.11 Å². The average Bonchev–Trinajstić information content (AvgIpc) is 2.60. The molecule has 84 valence electrons. The van der Waals surface area contributed by atoms with Gasteiger partial charge in [0.15, 0.2) is 5.75 Å². The van der Waals surface area contributed by atoms with Gasteiger partial charge < -0.3 is 14.4 Å². The van der Waals surface area contributed by atoms with E-state index in [0.717, 1.165) is 14.7 Å². The van der Waals surface area contributed by atoms with Crippen LogP contribution in [0.25, 0.3) is 11.1 Å².